The van der Waals surface area contributed by atoms with Crippen molar-refractivity contribution in [2.24, 2.45) is 0 Å². The predicted molar refractivity (Wildman–Crippen MR) is 98.8 cm³/mol. The van der Waals surface area contributed by atoms with E-state index in [-0.39, 0.29) is 11.1 Å². The molecule has 0 unspecified atom stereocenters. The van der Waals surface area contributed by atoms with Gasteiger partial charge in [0, 0.05) is 36.3 Å². The number of rotatable bonds is 4. The first-order valence-corrected chi connectivity index (χ1v) is 8.26. The van der Waals surface area contributed by atoms with Gasteiger partial charge in [-0.2, -0.15) is 0 Å². The minimum Gasteiger partial charge on any atom is -0.337 e. The van der Waals surface area contributed by atoms with E-state index in [4.69, 9.17) is 0 Å². The van der Waals surface area contributed by atoms with Crippen LogP contribution in [-0.4, -0.2) is 14.1 Å². The third-order valence-corrected chi connectivity index (χ3v) is 4.45. The maximum atomic E-state index is 13.0. The molecule has 0 spiro atoms. The summed E-state index contributed by atoms with van der Waals surface area (Å²) in [5.41, 5.74) is -0.468. The fourth-order valence-electron chi connectivity index (χ4n) is 3.23. The third-order valence-electron chi connectivity index (χ3n) is 4.45. The van der Waals surface area contributed by atoms with E-state index in [2.05, 4.69) is 4.98 Å². The van der Waals surface area contributed by atoms with Gasteiger partial charge in [-0.05, 0) is 29.3 Å². The van der Waals surface area contributed by atoms with Crippen LogP contribution < -0.4 is 11.1 Å². The summed E-state index contributed by atoms with van der Waals surface area (Å²) in [4.78, 5) is 30.0. The second-order valence-corrected chi connectivity index (χ2v) is 6.01. The Kier molecular flexibility index (Phi) is 3.90. The first-order chi connectivity index (χ1) is 12.3. The third kappa shape index (κ3) is 2.74. The van der Waals surface area contributed by atoms with E-state index in [0.29, 0.717) is 30.3 Å². The van der Waals surface area contributed by atoms with Gasteiger partial charge in [0.2, 0.25) is 0 Å². The molecule has 0 aliphatic heterocycles. The number of hydrogen-bond donors (Lipinski definition) is 0. The minimum atomic E-state index is -0.234. The predicted octanol–water partition coefficient (Wildman–Crippen LogP) is 2.80. The van der Waals surface area contributed by atoms with Crippen LogP contribution in [0.3, 0.4) is 0 Å². The van der Waals surface area contributed by atoms with Gasteiger partial charge < -0.3 is 4.57 Å². The van der Waals surface area contributed by atoms with Crippen molar-refractivity contribution >= 4 is 21.5 Å². The topological polar surface area (TPSA) is 56.9 Å². The van der Waals surface area contributed by atoms with E-state index in [0.717, 1.165) is 10.8 Å². The highest BCUT2D eigenvalue weighted by Gasteiger charge is 2.10. The molecule has 2 heterocycles. The van der Waals surface area contributed by atoms with Crippen LogP contribution in [0.1, 0.15) is 6.42 Å². The molecule has 5 nitrogen and oxygen atoms in total. The highest BCUT2D eigenvalue weighted by molar-refractivity contribution is 6.05. The van der Waals surface area contributed by atoms with Gasteiger partial charge >= 0.3 is 0 Å². The Hall–Kier alpha value is -3.21. The molecular weight excluding hydrogens is 314 g/mol. The van der Waals surface area contributed by atoms with E-state index in [1.807, 2.05) is 47.2 Å². The lowest BCUT2D eigenvalue weighted by Crippen LogP contribution is -2.30. The van der Waals surface area contributed by atoms with Crippen LogP contribution in [0.2, 0.25) is 0 Å². The van der Waals surface area contributed by atoms with Crippen molar-refractivity contribution in [3.8, 4) is 0 Å². The Balaban J connectivity index is 1.90. The summed E-state index contributed by atoms with van der Waals surface area (Å²) < 4.78 is 3.30. The fraction of sp³-hybridized carbons (Fsp3) is 0.150. The van der Waals surface area contributed by atoms with E-state index in [1.165, 1.54) is 4.57 Å². The molecule has 4 aromatic rings. The van der Waals surface area contributed by atoms with Gasteiger partial charge in [0.25, 0.3) is 11.1 Å². The number of hydrogen-bond acceptors (Lipinski definition) is 3. The van der Waals surface area contributed by atoms with Gasteiger partial charge in [-0.25, -0.2) is 4.98 Å². The van der Waals surface area contributed by atoms with Gasteiger partial charge in [-0.1, -0.05) is 36.4 Å². The molecular formula is C20H17N3O2. The van der Waals surface area contributed by atoms with Crippen LogP contribution in [0.15, 0.2) is 76.8 Å². The SMILES string of the molecule is O=c1c2ccccc2c2ccccc2c(=O)n1CCCn1ccnc1. The molecule has 0 saturated heterocycles. The van der Waals surface area contributed by atoms with Crippen LogP contribution >= 0.6 is 0 Å². The quantitative estimate of drug-likeness (QED) is 0.578. The van der Waals surface area contributed by atoms with Gasteiger partial charge in [0.1, 0.15) is 0 Å². The van der Waals surface area contributed by atoms with Crippen molar-refractivity contribution in [1.29, 1.82) is 0 Å². The number of nitrogens with zero attached hydrogens (tertiary/aromatic N) is 3. The molecule has 2 aromatic carbocycles. The lowest BCUT2D eigenvalue weighted by atomic mass is 10.1. The molecule has 0 amide bonds. The number of aryl methyl sites for hydroxylation is 1. The van der Waals surface area contributed by atoms with E-state index in [9.17, 15) is 9.59 Å². The monoisotopic (exact) mass is 331 g/mol. The maximum absolute atomic E-state index is 13.0. The van der Waals surface area contributed by atoms with Crippen LogP contribution in [0.4, 0.5) is 0 Å². The summed E-state index contributed by atoms with van der Waals surface area (Å²) in [7, 11) is 0. The lowest BCUT2D eigenvalue weighted by molar-refractivity contribution is 0.548. The maximum Gasteiger partial charge on any atom is 0.261 e. The van der Waals surface area contributed by atoms with Crippen LogP contribution in [0, 0.1) is 0 Å². The first-order valence-electron chi connectivity index (χ1n) is 8.26. The number of aromatic nitrogens is 3. The molecule has 0 aliphatic carbocycles. The Labute approximate surface area is 143 Å². The zero-order valence-electron chi connectivity index (χ0n) is 13.6. The average molecular weight is 331 g/mol. The molecule has 0 bridgehead atoms. The van der Waals surface area contributed by atoms with Crippen LogP contribution in [0.25, 0.3) is 21.5 Å². The van der Waals surface area contributed by atoms with Crippen molar-refractivity contribution < 1.29 is 0 Å². The molecule has 5 heteroatoms. The minimum absolute atomic E-state index is 0.234. The number of benzene rings is 2. The lowest BCUT2D eigenvalue weighted by Gasteiger charge is -2.04. The van der Waals surface area contributed by atoms with Crippen LogP contribution in [0.5, 0.6) is 0 Å². The summed E-state index contributed by atoms with van der Waals surface area (Å²) in [6.45, 7) is 1.08. The van der Waals surface area contributed by atoms with E-state index >= 15 is 0 Å². The Morgan fingerprint density at radius 3 is 1.84 bits per heavy atom. The highest BCUT2D eigenvalue weighted by Crippen LogP contribution is 2.19. The molecule has 0 fully saturated rings. The molecule has 2 aromatic heterocycles. The second kappa shape index (κ2) is 6.36. The normalized spacial score (nSPS) is 11.2. The zero-order chi connectivity index (χ0) is 17.2. The number of fused-ring (bicyclic) bond motifs is 3. The first kappa shape index (κ1) is 15.3. The van der Waals surface area contributed by atoms with Gasteiger partial charge in [-0.3, -0.25) is 14.2 Å². The fourth-order valence-corrected chi connectivity index (χ4v) is 3.23. The van der Waals surface area contributed by atoms with Gasteiger partial charge in [-0.15, -0.1) is 0 Å². The van der Waals surface area contributed by atoms with Gasteiger partial charge in [0.05, 0.1) is 6.33 Å². The highest BCUT2D eigenvalue weighted by atomic mass is 16.2. The molecule has 4 rings (SSSR count). The van der Waals surface area contributed by atoms with Crippen molar-refractivity contribution in [2.75, 3.05) is 0 Å². The summed E-state index contributed by atoms with van der Waals surface area (Å²) in [6.07, 6.45) is 6.00. The summed E-state index contributed by atoms with van der Waals surface area (Å²) >= 11 is 0. The zero-order valence-corrected chi connectivity index (χ0v) is 13.6. The molecule has 25 heavy (non-hydrogen) atoms. The Morgan fingerprint density at radius 2 is 1.32 bits per heavy atom. The molecule has 0 atom stereocenters. The van der Waals surface area contributed by atoms with Crippen molar-refractivity contribution in [2.45, 2.75) is 19.5 Å². The van der Waals surface area contributed by atoms with E-state index in [1.54, 1.807) is 24.7 Å². The number of imidazole rings is 1. The van der Waals surface area contributed by atoms with Crippen molar-refractivity contribution in [1.82, 2.24) is 14.1 Å². The standard InChI is InChI=1S/C20H17N3O2/c24-19-17-8-3-1-6-15(17)16-7-2-4-9-18(16)20(25)23(19)12-5-11-22-13-10-21-14-22/h1-4,6-10,13-14H,5,11-12H2. The molecule has 0 radical (unpaired) electrons. The van der Waals surface area contributed by atoms with E-state index < -0.39 is 0 Å². The van der Waals surface area contributed by atoms with Crippen molar-refractivity contribution in [3.63, 3.8) is 0 Å². The molecule has 124 valence electrons. The Bertz CT molecular complexity index is 1090. The molecule has 0 N–H and O–H groups in total. The smallest absolute Gasteiger partial charge is 0.261 e. The average Bonchev–Trinajstić information content (AvgIpc) is 3.15. The van der Waals surface area contributed by atoms with Crippen molar-refractivity contribution in [3.05, 3.63) is 88.0 Å². The van der Waals surface area contributed by atoms with Gasteiger partial charge in [0.15, 0.2) is 0 Å². The summed E-state index contributed by atoms with van der Waals surface area (Å²) in [6, 6.07) is 14.8. The van der Waals surface area contributed by atoms with Crippen LogP contribution in [-0.2, 0) is 13.1 Å². The Morgan fingerprint density at radius 1 is 0.760 bits per heavy atom. The second-order valence-electron chi connectivity index (χ2n) is 6.01. The summed E-state index contributed by atoms with van der Waals surface area (Å²) in [5, 5.41) is 2.77. The molecule has 0 aliphatic rings. The molecule has 0 saturated carbocycles. The summed E-state index contributed by atoms with van der Waals surface area (Å²) in [5.74, 6) is 0. The largest absolute Gasteiger partial charge is 0.337 e.